The van der Waals surface area contributed by atoms with E-state index < -0.39 is 17.3 Å². The lowest BCUT2D eigenvalue weighted by Gasteiger charge is -2.35. The fourth-order valence-corrected chi connectivity index (χ4v) is 2.41. The lowest BCUT2D eigenvalue weighted by atomic mass is 9.68. The van der Waals surface area contributed by atoms with Crippen molar-refractivity contribution in [2.75, 3.05) is 5.32 Å². The van der Waals surface area contributed by atoms with Crippen LogP contribution in [0, 0.1) is 12.3 Å². The van der Waals surface area contributed by atoms with Crippen LogP contribution in [0.1, 0.15) is 24.8 Å². The van der Waals surface area contributed by atoms with E-state index >= 15 is 0 Å². The predicted molar refractivity (Wildman–Crippen MR) is 69.2 cm³/mol. The minimum absolute atomic E-state index is 0.393. The summed E-state index contributed by atoms with van der Waals surface area (Å²) in [4.78, 5) is 27.3. The maximum atomic E-state index is 12.1. The summed E-state index contributed by atoms with van der Waals surface area (Å²) in [6, 6.07) is 1.82. The number of rotatable bonds is 3. The van der Waals surface area contributed by atoms with Gasteiger partial charge in [-0.05, 0) is 47.3 Å². The van der Waals surface area contributed by atoms with Gasteiger partial charge in [0, 0.05) is 10.7 Å². The second-order valence-electron chi connectivity index (χ2n) is 4.51. The van der Waals surface area contributed by atoms with Gasteiger partial charge in [0.1, 0.15) is 11.2 Å². The standard InChI is InChI=1S/C12H13BrN2O3/c1-7-5-8(13)6-14-9(7)15-10(16)12(11(17)18)3-2-4-12/h5-6H,2-4H2,1H3,(H,17,18)(H,14,15,16). The van der Waals surface area contributed by atoms with Gasteiger partial charge in [-0.25, -0.2) is 4.98 Å². The van der Waals surface area contributed by atoms with Crippen molar-refractivity contribution in [3.8, 4) is 0 Å². The number of aliphatic carboxylic acids is 1. The molecule has 1 aromatic heterocycles. The van der Waals surface area contributed by atoms with Gasteiger partial charge < -0.3 is 10.4 Å². The average Bonchev–Trinajstić information content (AvgIpc) is 2.19. The van der Waals surface area contributed by atoms with Gasteiger partial charge in [0.2, 0.25) is 5.91 Å². The summed E-state index contributed by atoms with van der Waals surface area (Å²) < 4.78 is 0.814. The van der Waals surface area contributed by atoms with Crippen LogP contribution in [-0.4, -0.2) is 22.0 Å². The van der Waals surface area contributed by atoms with E-state index in [1.54, 1.807) is 6.20 Å². The number of hydrogen-bond donors (Lipinski definition) is 2. The van der Waals surface area contributed by atoms with Crippen molar-refractivity contribution in [3.05, 3.63) is 22.3 Å². The lowest BCUT2D eigenvalue weighted by Crippen LogP contribution is -2.48. The van der Waals surface area contributed by atoms with Crippen LogP contribution in [-0.2, 0) is 9.59 Å². The first-order valence-corrected chi connectivity index (χ1v) is 6.42. The first kappa shape index (κ1) is 13.0. The summed E-state index contributed by atoms with van der Waals surface area (Å²) in [7, 11) is 0. The fourth-order valence-electron chi connectivity index (χ4n) is 1.97. The van der Waals surface area contributed by atoms with Crippen molar-refractivity contribution in [2.24, 2.45) is 5.41 Å². The molecule has 1 aliphatic rings. The Labute approximate surface area is 113 Å². The molecular weight excluding hydrogens is 300 g/mol. The highest BCUT2D eigenvalue weighted by Crippen LogP contribution is 2.42. The van der Waals surface area contributed by atoms with E-state index in [4.69, 9.17) is 5.11 Å². The number of nitrogens with one attached hydrogen (secondary N) is 1. The maximum absolute atomic E-state index is 12.1. The zero-order valence-corrected chi connectivity index (χ0v) is 11.5. The van der Waals surface area contributed by atoms with E-state index in [0.717, 1.165) is 16.5 Å². The van der Waals surface area contributed by atoms with Gasteiger partial charge >= 0.3 is 5.97 Å². The van der Waals surface area contributed by atoms with Gasteiger partial charge in [-0.3, -0.25) is 9.59 Å². The van der Waals surface area contributed by atoms with E-state index in [0.29, 0.717) is 18.7 Å². The van der Waals surface area contributed by atoms with E-state index in [1.165, 1.54) is 0 Å². The maximum Gasteiger partial charge on any atom is 0.319 e. The largest absolute Gasteiger partial charge is 0.480 e. The SMILES string of the molecule is Cc1cc(Br)cnc1NC(=O)C1(C(=O)O)CCC1. The van der Waals surface area contributed by atoms with Crippen LogP contribution in [0.2, 0.25) is 0 Å². The zero-order chi connectivity index (χ0) is 13.3. The quantitative estimate of drug-likeness (QED) is 0.840. The number of anilines is 1. The Balaban J connectivity index is 2.19. The Hall–Kier alpha value is -1.43. The molecule has 1 aliphatic carbocycles. The molecular formula is C12H13BrN2O3. The van der Waals surface area contributed by atoms with Crippen LogP contribution < -0.4 is 5.32 Å². The van der Waals surface area contributed by atoms with E-state index in [1.807, 2.05) is 13.0 Å². The molecule has 0 unspecified atom stereocenters. The molecule has 5 nitrogen and oxygen atoms in total. The van der Waals surface area contributed by atoms with Gasteiger partial charge in [-0.2, -0.15) is 0 Å². The first-order valence-electron chi connectivity index (χ1n) is 5.63. The topological polar surface area (TPSA) is 79.3 Å². The molecule has 1 aromatic rings. The van der Waals surface area contributed by atoms with E-state index in [2.05, 4.69) is 26.2 Å². The molecule has 6 heteroatoms. The smallest absolute Gasteiger partial charge is 0.319 e. The molecule has 1 fully saturated rings. The number of amides is 1. The highest BCUT2D eigenvalue weighted by Gasteiger charge is 2.51. The molecule has 1 saturated carbocycles. The third-order valence-corrected chi connectivity index (χ3v) is 3.76. The third kappa shape index (κ3) is 2.12. The van der Waals surface area contributed by atoms with E-state index in [-0.39, 0.29) is 0 Å². The molecule has 1 heterocycles. The van der Waals surface area contributed by atoms with Crippen molar-refractivity contribution in [1.82, 2.24) is 4.98 Å². The molecule has 0 radical (unpaired) electrons. The minimum atomic E-state index is -1.26. The van der Waals surface area contributed by atoms with Gasteiger partial charge in [-0.15, -0.1) is 0 Å². The van der Waals surface area contributed by atoms with Crippen LogP contribution in [0.25, 0.3) is 0 Å². The number of carboxylic acids is 1. The summed E-state index contributed by atoms with van der Waals surface area (Å²) >= 11 is 3.28. The van der Waals surface area contributed by atoms with Crippen molar-refractivity contribution in [3.63, 3.8) is 0 Å². The Bertz CT molecular complexity index is 512. The molecule has 0 spiro atoms. The van der Waals surface area contributed by atoms with Gasteiger partial charge in [0.15, 0.2) is 0 Å². The Kier molecular flexibility index (Phi) is 3.38. The van der Waals surface area contributed by atoms with Crippen LogP contribution in [0.5, 0.6) is 0 Å². The fraction of sp³-hybridized carbons (Fsp3) is 0.417. The summed E-state index contributed by atoms with van der Waals surface area (Å²) in [5.41, 5.74) is -0.473. The lowest BCUT2D eigenvalue weighted by molar-refractivity contribution is -0.159. The summed E-state index contributed by atoms with van der Waals surface area (Å²) in [6.07, 6.45) is 3.12. The number of pyridine rings is 1. The number of halogens is 1. The highest BCUT2D eigenvalue weighted by atomic mass is 79.9. The van der Waals surface area contributed by atoms with Gasteiger partial charge in [0.05, 0.1) is 0 Å². The number of carbonyl (C=O) groups excluding carboxylic acids is 1. The predicted octanol–water partition coefficient (Wildman–Crippen LogP) is 2.35. The molecule has 0 aliphatic heterocycles. The minimum Gasteiger partial charge on any atom is -0.480 e. The molecule has 0 bridgehead atoms. The number of nitrogens with zero attached hydrogens (tertiary/aromatic N) is 1. The Morgan fingerprint density at radius 1 is 1.50 bits per heavy atom. The monoisotopic (exact) mass is 312 g/mol. The van der Waals surface area contributed by atoms with Crippen molar-refractivity contribution in [1.29, 1.82) is 0 Å². The number of carboxylic acid groups (broad SMARTS) is 1. The Morgan fingerprint density at radius 2 is 2.17 bits per heavy atom. The van der Waals surface area contributed by atoms with E-state index in [9.17, 15) is 9.59 Å². The average molecular weight is 313 g/mol. The molecule has 2 rings (SSSR count). The van der Waals surface area contributed by atoms with Gasteiger partial charge in [0.25, 0.3) is 0 Å². The summed E-state index contributed by atoms with van der Waals surface area (Å²) in [6.45, 7) is 1.81. The molecule has 0 saturated heterocycles. The zero-order valence-electron chi connectivity index (χ0n) is 9.86. The van der Waals surface area contributed by atoms with Crippen LogP contribution in [0.3, 0.4) is 0 Å². The number of aromatic nitrogens is 1. The number of carbonyl (C=O) groups is 2. The first-order chi connectivity index (χ1) is 8.45. The van der Waals surface area contributed by atoms with Gasteiger partial charge in [-0.1, -0.05) is 6.42 Å². The van der Waals surface area contributed by atoms with Crippen LogP contribution in [0.4, 0.5) is 5.82 Å². The third-order valence-electron chi connectivity index (χ3n) is 3.33. The van der Waals surface area contributed by atoms with Crippen molar-refractivity contribution in [2.45, 2.75) is 26.2 Å². The number of hydrogen-bond acceptors (Lipinski definition) is 3. The molecule has 18 heavy (non-hydrogen) atoms. The molecule has 96 valence electrons. The van der Waals surface area contributed by atoms with Crippen molar-refractivity contribution >= 4 is 33.6 Å². The van der Waals surface area contributed by atoms with Crippen LogP contribution >= 0.6 is 15.9 Å². The summed E-state index contributed by atoms with van der Waals surface area (Å²) in [5.74, 6) is -1.11. The normalized spacial score (nSPS) is 16.8. The number of aryl methyl sites for hydroxylation is 1. The highest BCUT2D eigenvalue weighted by molar-refractivity contribution is 9.10. The molecule has 2 N–H and O–H groups in total. The molecule has 0 aromatic carbocycles. The second kappa shape index (κ2) is 4.68. The second-order valence-corrected chi connectivity index (χ2v) is 5.43. The molecule has 1 amide bonds. The molecule has 0 atom stereocenters. The Morgan fingerprint density at radius 3 is 2.61 bits per heavy atom. The van der Waals surface area contributed by atoms with Crippen LogP contribution in [0.15, 0.2) is 16.7 Å². The van der Waals surface area contributed by atoms with Crippen molar-refractivity contribution < 1.29 is 14.7 Å². The summed E-state index contributed by atoms with van der Waals surface area (Å²) in [5, 5.41) is 11.8.